The van der Waals surface area contributed by atoms with E-state index in [1.807, 2.05) is 19.2 Å². The van der Waals surface area contributed by atoms with Gasteiger partial charge in [0.15, 0.2) is 15.8 Å². The molecular weight excluding hydrogens is 296 g/mol. The van der Waals surface area contributed by atoms with E-state index in [-0.39, 0.29) is 5.03 Å². The number of aromatic nitrogens is 2. The Kier molecular flexibility index (Phi) is 4.66. The van der Waals surface area contributed by atoms with Crippen molar-refractivity contribution in [2.75, 3.05) is 25.5 Å². The van der Waals surface area contributed by atoms with Crippen LogP contribution in [-0.4, -0.2) is 42.2 Å². The van der Waals surface area contributed by atoms with Crippen molar-refractivity contribution in [3.05, 3.63) is 11.6 Å². The molecule has 2 aromatic rings. The zero-order valence-corrected chi connectivity index (χ0v) is 13.6. The Hall–Kier alpha value is -1.12. The summed E-state index contributed by atoms with van der Waals surface area (Å²) < 4.78 is 28.4. The summed E-state index contributed by atoms with van der Waals surface area (Å²) in [7, 11) is -1.93. The molecule has 0 unspecified atom stereocenters. The van der Waals surface area contributed by atoms with Crippen molar-refractivity contribution >= 4 is 32.1 Å². The lowest BCUT2D eigenvalue weighted by atomic mass is 10.5. The molecule has 0 aliphatic rings. The van der Waals surface area contributed by atoms with Gasteiger partial charge in [-0.3, -0.25) is 4.40 Å². The molecule has 0 amide bonds. The van der Waals surface area contributed by atoms with Gasteiger partial charge in [0.2, 0.25) is 0 Å². The molecule has 0 saturated carbocycles. The van der Waals surface area contributed by atoms with E-state index in [0.29, 0.717) is 23.9 Å². The van der Waals surface area contributed by atoms with Crippen molar-refractivity contribution in [2.24, 2.45) is 0 Å². The molecule has 20 heavy (non-hydrogen) atoms. The van der Waals surface area contributed by atoms with Gasteiger partial charge in [-0.1, -0.05) is 13.8 Å². The van der Waals surface area contributed by atoms with Crippen molar-refractivity contribution < 1.29 is 8.42 Å². The molecule has 2 rings (SSSR count). The summed E-state index contributed by atoms with van der Waals surface area (Å²) in [6.07, 6.45) is 3.44. The second-order valence-electron chi connectivity index (χ2n) is 4.57. The van der Waals surface area contributed by atoms with Crippen molar-refractivity contribution in [3.8, 4) is 0 Å². The monoisotopic (exact) mass is 316 g/mol. The average molecular weight is 316 g/mol. The third-order valence-corrected chi connectivity index (χ3v) is 5.59. The maximum atomic E-state index is 12.7. The number of imidazole rings is 1. The van der Waals surface area contributed by atoms with Crippen LogP contribution < -0.4 is 5.32 Å². The minimum Gasteiger partial charge on any atom is -0.368 e. The molecule has 8 heteroatoms. The van der Waals surface area contributed by atoms with Crippen LogP contribution in [-0.2, 0) is 10.0 Å². The van der Waals surface area contributed by atoms with E-state index in [1.54, 1.807) is 17.6 Å². The van der Waals surface area contributed by atoms with E-state index < -0.39 is 10.0 Å². The molecule has 0 atom stereocenters. The largest absolute Gasteiger partial charge is 0.368 e. The fraction of sp³-hybridized carbons (Fsp3) is 0.583. The lowest BCUT2D eigenvalue weighted by molar-refractivity contribution is 0.465. The summed E-state index contributed by atoms with van der Waals surface area (Å²) in [5.74, 6) is 0.446. The summed E-state index contributed by atoms with van der Waals surface area (Å²) in [5, 5.41) is 5.18. The van der Waals surface area contributed by atoms with Gasteiger partial charge < -0.3 is 5.32 Å². The number of hydrogen-bond acceptors (Lipinski definition) is 5. The Bertz CT molecular complexity index is 675. The number of thiazole rings is 1. The highest BCUT2D eigenvalue weighted by atomic mass is 32.2. The third kappa shape index (κ3) is 2.68. The van der Waals surface area contributed by atoms with E-state index in [4.69, 9.17) is 0 Å². The van der Waals surface area contributed by atoms with E-state index in [9.17, 15) is 8.42 Å². The van der Waals surface area contributed by atoms with Crippen LogP contribution in [0.5, 0.6) is 0 Å². The predicted octanol–water partition coefficient (Wildman–Crippen LogP) is 2.25. The molecule has 0 radical (unpaired) electrons. The number of rotatable bonds is 7. The van der Waals surface area contributed by atoms with Crippen molar-refractivity contribution in [2.45, 2.75) is 31.7 Å². The van der Waals surface area contributed by atoms with Crippen LogP contribution in [0, 0.1) is 0 Å². The molecule has 2 aromatic heterocycles. The van der Waals surface area contributed by atoms with Gasteiger partial charge in [0.1, 0.15) is 0 Å². The van der Waals surface area contributed by atoms with Gasteiger partial charge in [-0.15, -0.1) is 11.3 Å². The standard InChI is InChI=1S/C12H20N4O2S2/c1-4-6-13-10-11(16-8-9-19-12(16)14-10)20(17,18)15(3)7-5-2/h8-9,13H,4-7H2,1-3H3. The van der Waals surface area contributed by atoms with Crippen LogP contribution in [0.3, 0.4) is 0 Å². The average Bonchev–Trinajstić information content (AvgIpc) is 2.95. The van der Waals surface area contributed by atoms with Crippen LogP contribution in [0.1, 0.15) is 26.7 Å². The molecule has 0 bridgehead atoms. The summed E-state index contributed by atoms with van der Waals surface area (Å²) in [4.78, 5) is 5.07. The second kappa shape index (κ2) is 6.11. The van der Waals surface area contributed by atoms with Crippen LogP contribution in [0.2, 0.25) is 0 Å². The first-order chi connectivity index (χ1) is 9.52. The van der Waals surface area contributed by atoms with Crippen LogP contribution in [0.4, 0.5) is 5.82 Å². The number of nitrogens with zero attached hydrogens (tertiary/aromatic N) is 3. The topological polar surface area (TPSA) is 66.7 Å². The molecule has 0 saturated heterocycles. The Morgan fingerprint density at radius 1 is 1.40 bits per heavy atom. The first-order valence-corrected chi connectivity index (χ1v) is 9.00. The molecule has 0 fully saturated rings. The van der Waals surface area contributed by atoms with E-state index in [2.05, 4.69) is 10.3 Å². The lowest BCUT2D eigenvalue weighted by Gasteiger charge is -2.16. The Morgan fingerprint density at radius 3 is 2.80 bits per heavy atom. The molecule has 0 spiro atoms. The van der Waals surface area contributed by atoms with Gasteiger partial charge in [-0.25, -0.2) is 13.4 Å². The fourth-order valence-corrected chi connectivity index (χ4v) is 4.20. The van der Waals surface area contributed by atoms with Crippen molar-refractivity contribution in [3.63, 3.8) is 0 Å². The van der Waals surface area contributed by atoms with Crippen molar-refractivity contribution in [1.29, 1.82) is 0 Å². The number of nitrogens with one attached hydrogen (secondary N) is 1. The molecule has 0 aliphatic heterocycles. The number of sulfonamides is 1. The van der Waals surface area contributed by atoms with Gasteiger partial charge in [0, 0.05) is 31.7 Å². The maximum absolute atomic E-state index is 12.7. The number of anilines is 1. The first-order valence-electron chi connectivity index (χ1n) is 6.68. The Labute approximate surface area is 123 Å². The molecule has 112 valence electrons. The molecule has 0 aromatic carbocycles. The van der Waals surface area contributed by atoms with Gasteiger partial charge in [0.05, 0.1) is 0 Å². The molecule has 2 heterocycles. The maximum Gasteiger partial charge on any atom is 0.262 e. The van der Waals surface area contributed by atoms with Crippen LogP contribution in [0.25, 0.3) is 4.96 Å². The highest BCUT2D eigenvalue weighted by molar-refractivity contribution is 7.89. The Balaban J connectivity index is 2.52. The molecule has 1 N–H and O–H groups in total. The quantitative estimate of drug-likeness (QED) is 0.851. The summed E-state index contributed by atoms with van der Waals surface area (Å²) in [6.45, 7) is 5.18. The van der Waals surface area contributed by atoms with Gasteiger partial charge in [-0.2, -0.15) is 4.31 Å². The van der Waals surface area contributed by atoms with Crippen LogP contribution >= 0.6 is 11.3 Å². The van der Waals surface area contributed by atoms with Crippen molar-refractivity contribution in [1.82, 2.24) is 13.7 Å². The van der Waals surface area contributed by atoms with Gasteiger partial charge in [-0.05, 0) is 12.8 Å². The number of fused-ring (bicyclic) bond motifs is 1. The zero-order chi connectivity index (χ0) is 14.8. The summed E-state index contributed by atoms with van der Waals surface area (Å²) in [6, 6.07) is 0. The predicted molar refractivity (Wildman–Crippen MR) is 82.0 cm³/mol. The zero-order valence-electron chi connectivity index (χ0n) is 12.0. The highest BCUT2D eigenvalue weighted by Crippen LogP contribution is 2.27. The minimum atomic E-state index is -3.54. The van der Waals surface area contributed by atoms with Gasteiger partial charge in [0.25, 0.3) is 10.0 Å². The SMILES string of the molecule is CCCNc1nc2sccn2c1S(=O)(=O)N(C)CCC. The molecule has 6 nitrogen and oxygen atoms in total. The normalized spacial score (nSPS) is 12.4. The highest BCUT2D eigenvalue weighted by Gasteiger charge is 2.29. The summed E-state index contributed by atoms with van der Waals surface area (Å²) in [5.41, 5.74) is 0. The Morgan fingerprint density at radius 2 is 2.15 bits per heavy atom. The molecule has 0 aliphatic carbocycles. The van der Waals surface area contributed by atoms with E-state index >= 15 is 0 Å². The lowest BCUT2D eigenvalue weighted by Crippen LogP contribution is -2.29. The van der Waals surface area contributed by atoms with Gasteiger partial charge >= 0.3 is 0 Å². The molecular formula is C12H20N4O2S2. The summed E-state index contributed by atoms with van der Waals surface area (Å²) >= 11 is 1.43. The number of hydrogen-bond donors (Lipinski definition) is 1. The van der Waals surface area contributed by atoms with E-state index in [1.165, 1.54) is 15.6 Å². The van der Waals surface area contributed by atoms with Crippen LogP contribution in [0.15, 0.2) is 16.6 Å². The third-order valence-electron chi connectivity index (χ3n) is 2.95. The fourth-order valence-electron chi connectivity index (χ4n) is 1.95. The second-order valence-corrected chi connectivity index (χ2v) is 7.41. The smallest absolute Gasteiger partial charge is 0.262 e. The van der Waals surface area contributed by atoms with E-state index in [0.717, 1.165) is 12.8 Å². The minimum absolute atomic E-state index is 0.234. The first kappa shape index (κ1) is 15.3.